The third-order valence-corrected chi connectivity index (χ3v) is 0.682. The van der Waals surface area contributed by atoms with Gasteiger partial charge in [0.1, 0.15) is 0 Å². The van der Waals surface area contributed by atoms with Crippen molar-refractivity contribution < 1.29 is 9.84 Å². The van der Waals surface area contributed by atoms with E-state index in [1.54, 1.807) is 7.11 Å². The fourth-order valence-electron chi connectivity index (χ4n) is 0.228. The van der Waals surface area contributed by atoms with Crippen LogP contribution in [0.2, 0.25) is 0 Å². The van der Waals surface area contributed by atoms with E-state index in [-0.39, 0.29) is 6.61 Å². The normalized spacial score (nSPS) is 8.40. The molecule has 0 aromatic heterocycles. The van der Waals surface area contributed by atoms with Crippen LogP contribution >= 0.6 is 0 Å². The summed E-state index contributed by atoms with van der Waals surface area (Å²) in [6.07, 6.45) is 0.969. The molecule has 0 saturated carbocycles. The smallest absolute Gasteiger partial charge is 0.0553 e. The summed E-state index contributed by atoms with van der Waals surface area (Å²) in [4.78, 5) is 0. The Labute approximate surface area is 62.2 Å². The second-order valence-corrected chi connectivity index (χ2v) is 1.65. The van der Waals surface area contributed by atoms with Crippen molar-refractivity contribution in [3.8, 4) is 0 Å². The molecule has 0 amide bonds. The molecule has 5 N–H and O–H groups in total. The average Bonchev–Trinajstić information content (AvgIpc) is 2.01. The fraction of sp³-hybridized carbons (Fsp3) is 1.00. The molecule has 0 radical (unpaired) electrons. The molecule has 0 spiro atoms. The first kappa shape index (κ1) is 12.5. The largest absolute Gasteiger partial charge is 0.395 e. The van der Waals surface area contributed by atoms with Crippen molar-refractivity contribution in [2.24, 2.45) is 11.5 Å². The first-order chi connectivity index (χ1) is 4.83. The standard InChI is InChI=1S/C4H11NO.C2H7NO/c1-6-4-2-3-5;3-1-2-4/h2-5H2,1H3;4H,1-3H2. The summed E-state index contributed by atoms with van der Waals surface area (Å²) in [7, 11) is 1.68. The maximum Gasteiger partial charge on any atom is 0.0553 e. The number of nitrogens with two attached hydrogens (primary N) is 2. The molecule has 4 heteroatoms. The molecule has 4 nitrogen and oxygen atoms in total. The van der Waals surface area contributed by atoms with Gasteiger partial charge < -0.3 is 21.3 Å². The number of hydrogen-bond donors (Lipinski definition) is 3. The van der Waals surface area contributed by atoms with Crippen molar-refractivity contribution in [1.82, 2.24) is 0 Å². The van der Waals surface area contributed by atoms with Crippen LogP contribution in [-0.2, 0) is 4.74 Å². The highest BCUT2D eigenvalue weighted by Gasteiger charge is 1.74. The predicted octanol–water partition coefficient (Wildman–Crippen LogP) is -1.08. The first-order valence-electron chi connectivity index (χ1n) is 3.33. The molecule has 0 aliphatic heterocycles. The average molecular weight is 150 g/mol. The van der Waals surface area contributed by atoms with Crippen molar-refractivity contribution in [3.05, 3.63) is 0 Å². The molecule has 0 unspecified atom stereocenters. The Morgan fingerprint density at radius 3 is 1.90 bits per heavy atom. The zero-order chi connectivity index (χ0) is 8.24. The summed E-state index contributed by atoms with van der Waals surface area (Å²) in [6, 6.07) is 0. The molecule has 0 fully saturated rings. The third-order valence-electron chi connectivity index (χ3n) is 0.682. The van der Waals surface area contributed by atoms with Crippen molar-refractivity contribution in [2.45, 2.75) is 6.42 Å². The Kier molecular flexibility index (Phi) is 19.9. The Bertz CT molecular complexity index is 38.7. The van der Waals surface area contributed by atoms with Crippen LogP contribution in [0.4, 0.5) is 0 Å². The van der Waals surface area contributed by atoms with Crippen LogP contribution in [0.15, 0.2) is 0 Å². The van der Waals surface area contributed by atoms with Gasteiger partial charge in [-0.2, -0.15) is 0 Å². The Morgan fingerprint density at radius 2 is 1.80 bits per heavy atom. The minimum absolute atomic E-state index is 0.0972. The lowest BCUT2D eigenvalue weighted by molar-refractivity contribution is 0.197. The van der Waals surface area contributed by atoms with E-state index >= 15 is 0 Å². The topological polar surface area (TPSA) is 81.5 Å². The van der Waals surface area contributed by atoms with Gasteiger partial charge in [-0.15, -0.1) is 0 Å². The van der Waals surface area contributed by atoms with Gasteiger partial charge >= 0.3 is 0 Å². The summed E-state index contributed by atoms with van der Waals surface area (Å²) in [5.74, 6) is 0. The fourth-order valence-corrected chi connectivity index (χ4v) is 0.228. The SMILES string of the molecule is COCCCN.NCCO. The van der Waals surface area contributed by atoms with E-state index in [1.165, 1.54) is 0 Å². The van der Waals surface area contributed by atoms with Crippen LogP contribution in [0, 0.1) is 0 Å². The number of methoxy groups -OCH3 is 1. The van der Waals surface area contributed by atoms with Gasteiger partial charge in [-0.05, 0) is 13.0 Å². The van der Waals surface area contributed by atoms with E-state index in [0.29, 0.717) is 6.54 Å². The van der Waals surface area contributed by atoms with Crippen molar-refractivity contribution >= 4 is 0 Å². The monoisotopic (exact) mass is 150 g/mol. The molecule has 10 heavy (non-hydrogen) atoms. The summed E-state index contributed by atoms with van der Waals surface area (Å²) >= 11 is 0. The van der Waals surface area contributed by atoms with Crippen molar-refractivity contribution in [3.63, 3.8) is 0 Å². The summed E-state index contributed by atoms with van der Waals surface area (Å²) in [6.45, 7) is 1.99. The highest BCUT2D eigenvalue weighted by Crippen LogP contribution is 1.70. The lowest BCUT2D eigenvalue weighted by Gasteiger charge is -1.89. The van der Waals surface area contributed by atoms with E-state index in [4.69, 9.17) is 21.3 Å². The molecule has 0 aliphatic rings. The van der Waals surface area contributed by atoms with Crippen LogP contribution in [0.3, 0.4) is 0 Å². The molecular weight excluding hydrogens is 132 g/mol. The van der Waals surface area contributed by atoms with E-state index in [1.807, 2.05) is 0 Å². The lowest BCUT2D eigenvalue weighted by Crippen LogP contribution is -2.02. The number of ether oxygens (including phenoxy) is 1. The molecule has 0 atom stereocenters. The molecular formula is C6H18N2O2. The molecule has 0 rings (SSSR count). The van der Waals surface area contributed by atoms with Crippen molar-refractivity contribution in [1.29, 1.82) is 0 Å². The van der Waals surface area contributed by atoms with Crippen LogP contribution in [0.5, 0.6) is 0 Å². The second-order valence-electron chi connectivity index (χ2n) is 1.65. The lowest BCUT2D eigenvalue weighted by atomic mass is 10.5. The van der Waals surface area contributed by atoms with Crippen LogP contribution in [0.1, 0.15) is 6.42 Å². The maximum absolute atomic E-state index is 7.75. The zero-order valence-corrected chi connectivity index (χ0v) is 6.55. The number of aliphatic hydroxyl groups is 1. The Morgan fingerprint density at radius 1 is 1.30 bits per heavy atom. The molecule has 0 heterocycles. The van der Waals surface area contributed by atoms with Gasteiger partial charge in [0, 0.05) is 20.3 Å². The minimum Gasteiger partial charge on any atom is -0.395 e. The summed E-state index contributed by atoms with van der Waals surface area (Å²) in [5, 5.41) is 7.75. The van der Waals surface area contributed by atoms with Gasteiger partial charge in [-0.3, -0.25) is 0 Å². The molecule has 0 bridgehead atoms. The minimum atomic E-state index is 0.0972. The zero-order valence-electron chi connectivity index (χ0n) is 6.55. The summed E-state index contributed by atoms with van der Waals surface area (Å²) in [5.41, 5.74) is 9.91. The number of hydrogen-bond acceptors (Lipinski definition) is 4. The van der Waals surface area contributed by atoms with Crippen LogP contribution < -0.4 is 11.5 Å². The van der Waals surface area contributed by atoms with E-state index < -0.39 is 0 Å². The molecule has 64 valence electrons. The van der Waals surface area contributed by atoms with Crippen LogP contribution in [-0.4, -0.2) is 38.5 Å². The van der Waals surface area contributed by atoms with Crippen molar-refractivity contribution in [2.75, 3.05) is 33.4 Å². The van der Waals surface area contributed by atoms with Gasteiger partial charge in [0.2, 0.25) is 0 Å². The van der Waals surface area contributed by atoms with Gasteiger partial charge in [-0.1, -0.05) is 0 Å². The first-order valence-corrected chi connectivity index (χ1v) is 3.33. The maximum atomic E-state index is 7.75. The Hall–Kier alpha value is -0.160. The van der Waals surface area contributed by atoms with Gasteiger partial charge in [-0.25, -0.2) is 0 Å². The Balaban J connectivity index is 0. The predicted molar refractivity (Wildman–Crippen MR) is 41.7 cm³/mol. The van der Waals surface area contributed by atoms with Gasteiger partial charge in [0.15, 0.2) is 0 Å². The van der Waals surface area contributed by atoms with E-state index in [9.17, 15) is 0 Å². The van der Waals surface area contributed by atoms with E-state index in [2.05, 4.69) is 0 Å². The highest BCUT2D eigenvalue weighted by molar-refractivity contribution is 4.31. The van der Waals surface area contributed by atoms with Gasteiger partial charge in [0.05, 0.1) is 6.61 Å². The summed E-state index contributed by atoms with van der Waals surface area (Å²) < 4.78 is 4.70. The molecule has 0 saturated heterocycles. The number of aliphatic hydroxyl groups excluding tert-OH is 1. The molecule has 0 aromatic rings. The van der Waals surface area contributed by atoms with Gasteiger partial charge in [0.25, 0.3) is 0 Å². The number of rotatable bonds is 4. The van der Waals surface area contributed by atoms with Crippen LogP contribution in [0.25, 0.3) is 0 Å². The quantitative estimate of drug-likeness (QED) is 0.445. The highest BCUT2D eigenvalue weighted by atomic mass is 16.5. The molecule has 0 aromatic carbocycles. The third kappa shape index (κ3) is 24.9. The second kappa shape index (κ2) is 15.9. The van der Waals surface area contributed by atoms with E-state index in [0.717, 1.165) is 19.6 Å². The molecule has 0 aliphatic carbocycles.